The molecule has 0 saturated carbocycles. The van der Waals surface area contributed by atoms with Gasteiger partial charge < -0.3 is 14.3 Å². The number of oxime groups is 1. The highest BCUT2D eigenvalue weighted by molar-refractivity contribution is 7.13. The van der Waals surface area contributed by atoms with Crippen molar-refractivity contribution in [2.75, 3.05) is 13.7 Å². The molecule has 0 unspecified atom stereocenters. The van der Waals surface area contributed by atoms with Crippen LogP contribution >= 0.6 is 22.9 Å². The van der Waals surface area contributed by atoms with E-state index < -0.39 is 0 Å². The van der Waals surface area contributed by atoms with E-state index in [0.717, 1.165) is 21.8 Å². The number of benzene rings is 2. The van der Waals surface area contributed by atoms with Crippen LogP contribution in [0.15, 0.2) is 53.0 Å². The van der Waals surface area contributed by atoms with Crippen LogP contribution in [0.2, 0.25) is 5.02 Å². The van der Waals surface area contributed by atoms with Crippen LogP contribution in [0.5, 0.6) is 11.5 Å². The van der Waals surface area contributed by atoms with E-state index in [1.807, 2.05) is 54.8 Å². The van der Waals surface area contributed by atoms with Crippen molar-refractivity contribution in [3.63, 3.8) is 0 Å². The summed E-state index contributed by atoms with van der Waals surface area (Å²) in [6, 6.07) is 13.2. The highest BCUT2D eigenvalue weighted by atomic mass is 35.5. The molecule has 0 atom stereocenters. The van der Waals surface area contributed by atoms with Gasteiger partial charge in [-0.15, -0.1) is 11.3 Å². The molecule has 0 saturated heterocycles. The average Bonchev–Trinajstić information content (AvgIpc) is 3.16. The van der Waals surface area contributed by atoms with Crippen molar-refractivity contribution in [3.8, 4) is 22.1 Å². The van der Waals surface area contributed by atoms with Gasteiger partial charge in [0.05, 0.1) is 25.6 Å². The monoisotopic (exact) mass is 402 g/mol. The molecule has 0 aliphatic carbocycles. The summed E-state index contributed by atoms with van der Waals surface area (Å²) in [6.45, 7) is 2.81. The fourth-order valence-electron chi connectivity index (χ4n) is 2.34. The number of rotatable bonds is 8. The van der Waals surface area contributed by atoms with E-state index in [9.17, 15) is 0 Å². The van der Waals surface area contributed by atoms with Gasteiger partial charge in [0.1, 0.15) is 5.01 Å². The lowest BCUT2D eigenvalue weighted by atomic mass is 10.2. The van der Waals surface area contributed by atoms with E-state index in [0.29, 0.717) is 29.7 Å². The van der Waals surface area contributed by atoms with Crippen molar-refractivity contribution in [2.45, 2.75) is 13.5 Å². The fourth-order valence-corrected chi connectivity index (χ4v) is 3.28. The molecule has 2 aromatic carbocycles. The maximum Gasteiger partial charge on any atom is 0.161 e. The average molecular weight is 403 g/mol. The molecule has 0 N–H and O–H groups in total. The van der Waals surface area contributed by atoms with Crippen molar-refractivity contribution < 1.29 is 14.3 Å². The minimum Gasteiger partial charge on any atom is -0.493 e. The minimum absolute atomic E-state index is 0.300. The minimum atomic E-state index is 0.300. The second kappa shape index (κ2) is 9.39. The van der Waals surface area contributed by atoms with Crippen molar-refractivity contribution in [1.82, 2.24) is 4.98 Å². The van der Waals surface area contributed by atoms with Crippen LogP contribution < -0.4 is 9.47 Å². The van der Waals surface area contributed by atoms with Crippen LogP contribution in [0.25, 0.3) is 10.6 Å². The van der Waals surface area contributed by atoms with Crippen molar-refractivity contribution in [3.05, 3.63) is 64.1 Å². The van der Waals surface area contributed by atoms with Crippen molar-refractivity contribution >= 4 is 29.2 Å². The van der Waals surface area contributed by atoms with Gasteiger partial charge in [0, 0.05) is 21.5 Å². The van der Waals surface area contributed by atoms with Gasteiger partial charge in [0.15, 0.2) is 18.1 Å². The molecule has 27 heavy (non-hydrogen) atoms. The molecule has 0 spiro atoms. The van der Waals surface area contributed by atoms with Crippen LogP contribution in [0.3, 0.4) is 0 Å². The first-order valence-electron chi connectivity index (χ1n) is 8.36. The number of halogens is 1. The van der Waals surface area contributed by atoms with E-state index in [4.69, 9.17) is 25.9 Å². The molecule has 140 valence electrons. The lowest BCUT2D eigenvalue weighted by molar-refractivity contribution is 0.130. The van der Waals surface area contributed by atoms with Gasteiger partial charge in [-0.3, -0.25) is 0 Å². The molecule has 1 aromatic heterocycles. The normalized spacial score (nSPS) is 10.9. The molecule has 0 amide bonds. The SMILES string of the molecule is CCOc1ccc(/C=N/OCc2csc(-c3ccc(Cl)cc3)n2)cc1OC. The summed E-state index contributed by atoms with van der Waals surface area (Å²) < 4.78 is 10.8. The summed E-state index contributed by atoms with van der Waals surface area (Å²) in [5.41, 5.74) is 2.71. The molecule has 3 aromatic rings. The Morgan fingerprint density at radius 2 is 1.96 bits per heavy atom. The molecular weight excluding hydrogens is 384 g/mol. The van der Waals surface area contributed by atoms with Gasteiger partial charge in [0.25, 0.3) is 0 Å². The zero-order chi connectivity index (χ0) is 19.1. The lowest BCUT2D eigenvalue weighted by Crippen LogP contribution is -1.96. The zero-order valence-electron chi connectivity index (χ0n) is 15.0. The van der Waals surface area contributed by atoms with Gasteiger partial charge in [0.2, 0.25) is 0 Å². The Labute approximate surface area is 167 Å². The Morgan fingerprint density at radius 3 is 2.70 bits per heavy atom. The topological polar surface area (TPSA) is 52.9 Å². The quantitative estimate of drug-likeness (QED) is 0.373. The van der Waals surface area contributed by atoms with E-state index in [2.05, 4.69) is 10.1 Å². The first-order valence-corrected chi connectivity index (χ1v) is 9.62. The molecule has 0 aliphatic heterocycles. The first-order chi connectivity index (χ1) is 13.2. The largest absolute Gasteiger partial charge is 0.493 e. The second-order valence-electron chi connectivity index (χ2n) is 5.50. The number of aromatic nitrogens is 1. The number of thiazole rings is 1. The third-order valence-corrected chi connectivity index (χ3v) is 4.81. The maximum atomic E-state index is 5.91. The van der Waals surface area contributed by atoms with Gasteiger partial charge in [-0.25, -0.2) is 4.98 Å². The summed E-state index contributed by atoms with van der Waals surface area (Å²) in [7, 11) is 1.61. The first kappa shape index (κ1) is 19.2. The molecule has 0 aliphatic rings. The highest BCUT2D eigenvalue weighted by Gasteiger charge is 2.06. The van der Waals surface area contributed by atoms with Crippen LogP contribution in [0.4, 0.5) is 0 Å². The van der Waals surface area contributed by atoms with E-state index >= 15 is 0 Å². The smallest absolute Gasteiger partial charge is 0.161 e. The molecule has 0 bridgehead atoms. The highest BCUT2D eigenvalue weighted by Crippen LogP contribution is 2.28. The van der Waals surface area contributed by atoms with Gasteiger partial charge in [-0.1, -0.05) is 28.9 Å². The van der Waals surface area contributed by atoms with E-state index in [1.165, 1.54) is 0 Å². The molecule has 1 heterocycles. The Hall–Kier alpha value is -2.57. The maximum absolute atomic E-state index is 5.91. The second-order valence-corrected chi connectivity index (χ2v) is 6.80. The predicted octanol–water partition coefficient (Wildman–Crippen LogP) is 5.42. The number of ether oxygens (including phenoxy) is 2. The zero-order valence-corrected chi connectivity index (χ0v) is 16.6. The van der Waals surface area contributed by atoms with Gasteiger partial charge in [-0.05, 0) is 37.3 Å². The van der Waals surface area contributed by atoms with Crippen molar-refractivity contribution in [2.24, 2.45) is 5.16 Å². The third kappa shape index (κ3) is 5.21. The van der Waals surface area contributed by atoms with Crippen LogP contribution in [0.1, 0.15) is 18.2 Å². The molecule has 5 nitrogen and oxygen atoms in total. The van der Waals surface area contributed by atoms with E-state index in [-0.39, 0.29) is 0 Å². The summed E-state index contributed by atoms with van der Waals surface area (Å²) in [5, 5.41) is 7.59. The van der Waals surface area contributed by atoms with Crippen LogP contribution in [0, 0.1) is 0 Å². The summed E-state index contributed by atoms with van der Waals surface area (Å²) in [4.78, 5) is 9.92. The van der Waals surface area contributed by atoms with Gasteiger partial charge >= 0.3 is 0 Å². The molecular formula is C20H19ClN2O3S. The Balaban J connectivity index is 1.57. The fraction of sp³-hybridized carbons (Fsp3) is 0.200. The number of methoxy groups -OCH3 is 1. The summed E-state index contributed by atoms with van der Waals surface area (Å²) >= 11 is 7.47. The standard InChI is InChI=1S/C20H19ClN2O3S/c1-3-25-18-9-4-14(10-19(18)24-2)11-22-26-12-17-13-27-20(23-17)15-5-7-16(21)8-6-15/h4-11,13H,3,12H2,1-2H3/b22-11+. The third-order valence-electron chi connectivity index (χ3n) is 3.62. The molecule has 0 radical (unpaired) electrons. The molecule has 7 heteroatoms. The summed E-state index contributed by atoms with van der Waals surface area (Å²) in [6.07, 6.45) is 1.63. The number of hydrogen-bond donors (Lipinski definition) is 0. The Morgan fingerprint density at radius 1 is 1.15 bits per heavy atom. The molecule has 0 fully saturated rings. The number of hydrogen-bond acceptors (Lipinski definition) is 6. The Kier molecular flexibility index (Phi) is 6.68. The predicted molar refractivity (Wildman–Crippen MR) is 109 cm³/mol. The van der Waals surface area contributed by atoms with E-state index in [1.54, 1.807) is 24.7 Å². The number of nitrogens with zero attached hydrogens (tertiary/aromatic N) is 2. The Bertz CT molecular complexity index is 910. The molecule has 3 rings (SSSR count). The van der Waals surface area contributed by atoms with Crippen LogP contribution in [-0.4, -0.2) is 24.9 Å². The van der Waals surface area contributed by atoms with Crippen molar-refractivity contribution in [1.29, 1.82) is 0 Å². The summed E-state index contributed by atoms with van der Waals surface area (Å²) in [5.74, 6) is 1.36. The van der Waals surface area contributed by atoms with Crippen LogP contribution in [-0.2, 0) is 11.4 Å². The van der Waals surface area contributed by atoms with Gasteiger partial charge in [-0.2, -0.15) is 0 Å². The lowest BCUT2D eigenvalue weighted by Gasteiger charge is -2.09.